The smallest absolute Gasteiger partial charge is 0.368 e. The van der Waals surface area contributed by atoms with Gasteiger partial charge in [0.25, 0.3) is 0 Å². The molecule has 8 heteroatoms. The summed E-state index contributed by atoms with van der Waals surface area (Å²) in [5, 5.41) is -0.171. The van der Waals surface area contributed by atoms with Crippen molar-refractivity contribution in [3.05, 3.63) is 58.2 Å². The highest BCUT2D eigenvalue weighted by Crippen LogP contribution is 2.36. The van der Waals surface area contributed by atoms with Gasteiger partial charge >= 0.3 is 6.18 Å². The maximum Gasteiger partial charge on any atom is 0.417 e. The van der Waals surface area contributed by atoms with Crippen LogP contribution < -0.4 is 10.6 Å². The Bertz CT molecular complexity index is 794. The van der Waals surface area contributed by atoms with Crippen molar-refractivity contribution in [1.82, 2.24) is 4.98 Å². The Morgan fingerprint density at radius 2 is 1.96 bits per heavy atom. The number of hydrogen-bond acceptors (Lipinski definition) is 3. The van der Waals surface area contributed by atoms with Gasteiger partial charge in [-0.15, -0.1) is 0 Å². The van der Waals surface area contributed by atoms with Crippen molar-refractivity contribution in [3.8, 4) is 0 Å². The predicted octanol–water partition coefficient (Wildman–Crippen LogP) is 3.17. The van der Waals surface area contributed by atoms with Gasteiger partial charge in [-0.25, -0.2) is 4.98 Å². The number of rotatable bonds is 2. The lowest BCUT2D eigenvalue weighted by molar-refractivity contribution is -0.137. The van der Waals surface area contributed by atoms with Gasteiger partial charge in [0.05, 0.1) is 10.6 Å². The van der Waals surface area contributed by atoms with Crippen LogP contribution in [0.2, 0.25) is 5.02 Å². The first-order valence-corrected chi connectivity index (χ1v) is 7.50. The number of halogens is 4. The fourth-order valence-electron chi connectivity index (χ4n) is 2.80. The topological polar surface area (TPSA) is 59.2 Å². The molecule has 2 N–H and O–H groups in total. The van der Waals surface area contributed by atoms with Crippen molar-refractivity contribution in [1.29, 1.82) is 0 Å². The van der Waals surface area contributed by atoms with E-state index in [1.165, 1.54) is 0 Å². The van der Waals surface area contributed by atoms with Gasteiger partial charge in [-0.2, -0.15) is 13.2 Å². The van der Waals surface area contributed by atoms with Crippen LogP contribution in [0.3, 0.4) is 0 Å². The molecule has 1 aromatic carbocycles. The lowest BCUT2D eigenvalue weighted by Gasteiger charge is -2.36. The Hall–Kier alpha value is -2.28. The minimum Gasteiger partial charge on any atom is -0.368 e. The van der Waals surface area contributed by atoms with E-state index in [4.69, 9.17) is 17.3 Å². The van der Waals surface area contributed by atoms with Crippen LogP contribution in [-0.2, 0) is 23.9 Å². The molecule has 1 amide bonds. The summed E-state index contributed by atoms with van der Waals surface area (Å²) >= 11 is 6.01. The van der Waals surface area contributed by atoms with Crippen molar-refractivity contribution < 1.29 is 18.0 Å². The molecular formula is C16H13ClF3N3O. The van der Waals surface area contributed by atoms with Gasteiger partial charge in [-0.1, -0.05) is 35.9 Å². The Labute approximate surface area is 141 Å². The van der Waals surface area contributed by atoms with Gasteiger partial charge in [0.2, 0.25) is 5.91 Å². The van der Waals surface area contributed by atoms with E-state index in [-0.39, 0.29) is 10.8 Å². The molecule has 24 heavy (non-hydrogen) atoms. The average molecular weight is 356 g/mol. The Kier molecular flexibility index (Phi) is 4.13. The molecule has 0 spiro atoms. The Balaban J connectivity index is 2.02. The molecular weight excluding hydrogens is 343 g/mol. The minimum atomic E-state index is -4.53. The fraction of sp³-hybridized carbons (Fsp3) is 0.250. The molecule has 3 rings (SSSR count). The number of hydrogen-bond donors (Lipinski definition) is 1. The summed E-state index contributed by atoms with van der Waals surface area (Å²) in [6.45, 7) is 0.294. The number of nitrogens with zero attached hydrogens (tertiary/aromatic N) is 2. The molecule has 4 nitrogen and oxygen atoms in total. The fourth-order valence-corrected chi connectivity index (χ4v) is 3.07. The van der Waals surface area contributed by atoms with Crippen molar-refractivity contribution >= 4 is 23.3 Å². The minimum absolute atomic E-state index is 0.114. The van der Waals surface area contributed by atoms with Crippen molar-refractivity contribution in [2.24, 2.45) is 5.73 Å². The van der Waals surface area contributed by atoms with Crippen LogP contribution in [0.25, 0.3) is 0 Å². The first-order valence-electron chi connectivity index (χ1n) is 7.13. The second-order valence-corrected chi connectivity index (χ2v) is 5.95. The highest BCUT2D eigenvalue weighted by atomic mass is 35.5. The van der Waals surface area contributed by atoms with Crippen molar-refractivity contribution in [3.63, 3.8) is 0 Å². The highest BCUT2D eigenvalue weighted by molar-refractivity contribution is 6.33. The zero-order valence-corrected chi connectivity index (χ0v) is 13.1. The number of benzene rings is 1. The van der Waals surface area contributed by atoms with Crippen molar-refractivity contribution in [2.75, 3.05) is 4.90 Å². The number of fused-ring (bicyclic) bond motifs is 1. The van der Waals surface area contributed by atoms with Gasteiger partial charge < -0.3 is 10.6 Å². The van der Waals surface area contributed by atoms with Gasteiger partial charge in [0.1, 0.15) is 11.9 Å². The molecule has 1 aliphatic heterocycles. The first kappa shape index (κ1) is 16.6. The van der Waals surface area contributed by atoms with Gasteiger partial charge in [-0.05, 0) is 17.2 Å². The molecule has 1 atom stereocenters. The second kappa shape index (κ2) is 5.98. The maximum absolute atomic E-state index is 12.8. The maximum atomic E-state index is 12.8. The van der Waals surface area contributed by atoms with Gasteiger partial charge in [-0.3, -0.25) is 4.79 Å². The first-order chi connectivity index (χ1) is 11.3. The SMILES string of the molecule is NC(=O)[C@@H]1Cc2ccccc2CN1c1ncc(C(F)(F)F)cc1Cl. The quantitative estimate of drug-likeness (QED) is 0.900. The van der Waals surface area contributed by atoms with Crippen LogP contribution in [0.4, 0.5) is 19.0 Å². The van der Waals surface area contributed by atoms with E-state index < -0.39 is 23.7 Å². The number of primary amides is 1. The second-order valence-electron chi connectivity index (χ2n) is 5.55. The summed E-state index contributed by atoms with van der Waals surface area (Å²) in [6, 6.07) is 7.57. The molecule has 1 aromatic heterocycles. The van der Waals surface area contributed by atoms with Crippen LogP contribution in [0.5, 0.6) is 0 Å². The van der Waals surface area contributed by atoms with E-state index in [0.29, 0.717) is 19.2 Å². The largest absolute Gasteiger partial charge is 0.417 e. The van der Waals surface area contributed by atoms with E-state index in [9.17, 15) is 18.0 Å². The number of alkyl halides is 3. The molecule has 0 aliphatic carbocycles. The van der Waals surface area contributed by atoms with Crippen LogP contribution in [-0.4, -0.2) is 16.9 Å². The molecule has 0 saturated carbocycles. The summed E-state index contributed by atoms with van der Waals surface area (Å²) in [7, 11) is 0. The average Bonchev–Trinajstić information content (AvgIpc) is 2.52. The third-order valence-electron chi connectivity index (χ3n) is 4.00. The monoisotopic (exact) mass is 355 g/mol. The summed E-state index contributed by atoms with van der Waals surface area (Å²) in [5.74, 6) is -0.467. The molecule has 126 valence electrons. The molecule has 0 saturated heterocycles. The Morgan fingerprint density at radius 3 is 2.54 bits per heavy atom. The number of nitrogens with two attached hydrogens (primary N) is 1. The normalized spacial score (nSPS) is 17.5. The Morgan fingerprint density at radius 1 is 1.29 bits per heavy atom. The third kappa shape index (κ3) is 3.03. The van der Waals surface area contributed by atoms with Crippen LogP contribution in [0.1, 0.15) is 16.7 Å². The lowest BCUT2D eigenvalue weighted by atomic mass is 9.93. The number of amides is 1. The number of aromatic nitrogens is 1. The summed E-state index contributed by atoms with van der Waals surface area (Å²) < 4.78 is 38.3. The number of anilines is 1. The highest BCUT2D eigenvalue weighted by Gasteiger charge is 2.35. The number of carbonyl (C=O) groups is 1. The predicted molar refractivity (Wildman–Crippen MR) is 83.6 cm³/mol. The van der Waals surface area contributed by atoms with E-state index in [1.54, 1.807) is 4.90 Å². The van der Waals surface area contributed by atoms with E-state index >= 15 is 0 Å². The van der Waals surface area contributed by atoms with Crippen LogP contribution >= 0.6 is 11.6 Å². The van der Waals surface area contributed by atoms with E-state index in [1.807, 2.05) is 24.3 Å². The van der Waals surface area contributed by atoms with Crippen LogP contribution in [0.15, 0.2) is 36.5 Å². The number of pyridine rings is 1. The summed E-state index contributed by atoms with van der Waals surface area (Å²) in [6.07, 6.45) is -3.48. The zero-order valence-electron chi connectivity index (χ0n) is 12.3. The van der Waals surface area contributed by atoms with Crippen LogP contribution in [0, 0.1) is 0 Å². The summed E-state index contributed by atoms with van der Waals surface area (Å²) in [4.78, 5) is 17.2. The summed E-state index contributed by atoms with van der Waals surface area (Å²) in [5.41, 5.74) is 6.45. The van der Waals surface area contributed by atoms with E-state index in [2.05, 4.69) is 4.98 Å². The molecule has 2 heterocycles. The zero-order chi connectivity index (χ0) is 17.5. The van der Waals surface area contributed by atoms with Gasteiger partial charge in [0.15, 0.2) is 0 Å². The molecule has 0 bridgehead atoms. The molecule has 2 aromatic rings. The number of carbonyl (C=O) groups excluding carboxylic acids is 1. The molecule has 1 aliphatic rings. The molecule has 0 radical (unpaired) electrons. The molecule has 0 fully saturated rings. The lowest BCUT2D eigenvalue weighted by Crippen LogP contribution is -2.49. The van der Waals surface area contributed by atoms with E-state index in [0.717, 1.165) is 17.2 Å². The van der Waals surface area contributed by atoms with Gasteiger partial charge in [0, 0.05) is 19.2 Å². The molecule has 0 unspecified atom stereocenters. The standard InChI is InChI=1S/C16H13ClF3N3O/c17-12-6-11(16(18,19)20)7-22-15(12)23-8-10-4-2-1-3-9(10)5-13(23)14(21)24/h1-4,6-7,13H,5,8H2,(H2,21,24)/t13-/m0/s1. The van der Waals surface area contributed by atoms with Crippen molar-refractivity contribution in [2.45, 2.75) is 25.2 Å². The third-order valence-corrected chi connectivity index (χ3v) is 4.28.